The van der Waals surface area contributed by atoms with Gasteiger partial charge in [0.1, 0.15) is 24.3 Å². The second-order valence-corrected chi connectivity index (χ2v) is 21.3. The van der Waals surface area contributed by atoms with E-state index in [0.29, 0.717) is 45.5 Å². The molecule has 5 rings (SSSR count). The number of aryl methyl sites for hydroxylation is 1. The number of rotatable bonds is 11. The summed E-state index contributed by atoms with van der Waals surface area (Å²) < 4.78 is 20.0. The van der Waals surface area contributed by atoms with Gasteiger partial charge in [-0.2, -0.15) is 15.1 Å². The van der Waals surface area contributed by atoms with E-state index in [4.69, 9.17) is 29.3 Å². The van der Waals surface area contributed by atoms with Crippen LogP contribution in [0.25, 0.3) is 10.9 Å². The van der Waals surface area contributed by atoms with E-state index in [2.05, 4.69) is 53.4 Å². The molecule has 12 nitrogen and oxygen atoms in total. The third-order valence-electron chi connectivity index (χ3n) is 8.71. The number of amides is 1. The fourth-order valence-corrected chi connectivity index (χ4v) is 7.11. The van der Waals surface area contributed by atoms with E-state index >= 15 is 0 Å². The number of piperazine rings is 1. The van der Waals surface area contributed by atoms with Crippen molar-refractivity contribution >= 4 is 36.6 Å². The van der Waals surface area contributed by atoms with Crippen LogP contribution in [0.4, 0.5) is 16.3 Å². The minimum Gasteiger partial charge on any atom is -0.459 e. The predicted octanol–water partition coefficient (Wildman–Crippen LogP) is 5.40. The highest BCUT2D eigenvalue weighted by Crippen LogP contribution is 2.36. The maximum absolute atomic E-state index is 12.8. The van der Waals surface area contributed by atoms with Crippen LogP contribution in [0.3, 0.4) is 0 Å². The zero-order valence-electron chi connectivity index (χ0n) is 30.8. The summed E-state index contributed by atoms with van der Waals surface area (Å²) >= 11 is 0. The summed E-state index contributed by atoms with van der Waals surface area (Å²) in [5.74, 6) is 0.911. The first kappa shape index (κ1) is 35.9. The van der Waals surface area contributed by atoms with Crippen LogP contribution in [0.1, 0.15) is 44.5 Å². The molecular formula is C35H56N8O4Si. The molecule has 0 N–H and O–H groups in total. The van der Waals surface area contributed by atoms with Crippen molar-refractivity contribution < 1.29 is 19.0 Å². The van der Waals surface area contributed by atoms with E-state index in [1.165, 1.54) is 11.3 Å². The van der Waals surface area contributed by atoms with Gasteiger partial charge >= 0.3 is 12.1 Å². The number of nitrogens with zero attached hydrogens (tertiary/aromatic N) is 8. The van der Waals surface area contributed by atoms with E-state index in [9.17, 15) is 4.79 Å². The first-order chi connectivity index (χ1) is 22.6. The number of aromatic nitrogens is 4. The van der Waals surface area contributed by atoms with E-state index in [1.807, 2.05) is 52.7 Å². The second kappa shape index (κ2) is 14.6. The van der Waals surface area contributed by atoms with Crippen molar-refractivity contribution in [3.05, 3.63) is 35.2 Å². The first-order valence-electron chi connectivity index (χ1n) is 17.3. The molecule has 1 saturated heterocycles. The Morgan fingerprint density at radius 3 is 2.44 bits per heavy atom. The zero-order chi connectivity index (χ0) is 34.8. The Balaban J connectivity index is 1.39. The normalized spacial score (nSPS) is 16.4. The molecule has 264 valence electrons. The lowest BCUT2D eigenvalue weighted by Gasteiger charge is -2.38. The minimum absolute atomic E-state index is 0.0793. The molecule has 48 heavy (non-hydrogen) atoms. The number of likely N-dealkylation sites (N-methyl/N-ethyl adjacent to an activating group) is 1. The molecule has 4 heterocycles. The van der Waals surface area contributed by atoms with Crippen LogP contribution in [0.2, 0.25) is 25.7 Å². The standard InChI is InChI=1S/C35H56N8O4Si/c1-25-11-12-30-28(21-36-43(30)24-45-19-20-48(8,9)10)31(25)42-14-13-27-29(23-42)37-33(46-26(2)22-39(6)7)38-32(27)40-15-17-41(18-16-40)34(44)47-35(3,4)5/h11-12,21,26H,13-20,22-24H2,1-10H3. The van der Waals surface area contributed by atoms with Gasteiger partial charge in [-0.25, -0.2) is 9.48 Å². The van der Waals surface area contributed by atoms with Crippen LogP contribution in [0.15, 0.2) is 18.3 Å². The molecule has 0 bridgehead atoms. The minimum atomic E-state index is -1.16. The molecule has 0 radical (unpaired) electrons. The summed E-state index contributed by atoms with van der Waals surface area (Å²) in [6.07, 6.45) is 2.43. The number of anilines is 2. The van der Waals surface area contributed by atoms with Crippen LogP contribution in [0, 0.1) is 6.92 Å². The highest BCUT2D eigenvalue weighted by Gasteiger charge is 2.31. The van der Waals surface area contributed by atoms with Gasteiger partial charge in [-0.1, -0.05) is 25.7 Å². The Morgan fingerprint density at radius 2 is 1.77 bits per heavy atom. The lowest BCUT2D eigenvalue weighted by atomic mass is 10.0. The number of hydrogen-bond acceptors (Lipinski definition) is 10. The van der Waals surface area contributed by atoms with E-state index < -0.39 is 13.7 Å². The van der Waals surface area contributed by atoms with Crippen molar-refractivity contribution in [3.8, 4) is 6.01 Å². The predicted molar refractivity (Wildman–Crippen MR) is 194 cm³/mol. The second-order valence-electron chi connectivity index (χ2n) is 15.7. The van der Waals surface area contributed by atoms with E-state index in [1.54, 1.807) is 4.90 Å². The van der Waals surface area contributed by atoms with Crippen LogP contribution in [-0.2, 0) is 29.2 Å². The average molecular weight is 681 g/mol. The van der Waals surface area contributed by atoms with Gasteiger partial charge in [0.05, 0.1) is 29.6 Å². The van der Waals surface area contributed by atoms with Gasteiger partial charge in [0.15, 0.2) is 0 Å². The topological polar surface area (TPSA) is 101 Å². The molecule has 1 aromatic carbocycles. The smallest absolute Gasteiger partial charge is 0.410 e. The summed E-state index contributed by atoms with van der Waals surface area (Å²) in [7, 11) is 2.91. The van der Waals surface area contributed by atoms with Gasteiger partial charge in [-0.05, 0) is 72.8 Å². The molecule has 2 aromatic heterocycles. The van der Waals surface area contributed by atoms with E-state index in [0.717, 1.165) is 60.1 Å². The number of ether oxygens (including phenoxy) is 3. The molecule has 1 atom stereocenters. The molecular weight excluding hydrogens is 625 g/mol. The van der Waals surface area contributed by atoms with Gasteiger partial charge in [0.25, 0.3) is 0 Å². The third kappa shape index (κ3) is 8.97. The third-order valence-corrected chi connectivity index (χ3v) is 10.4. The molecule has 2 aliphatic rings. The number of fused-ring (bicyclic) bond motifs is 2. The summed E-state index contributed by atoms with van der Waals surface area (Å²) in [5.41, 5.74) is 5.06. The van der Waals surface area contributed by atoms with Crippen molar-refractivity contribution in [3.63, 3.8) is 0 Å². The van der Waals surface area contributed by atoms with Crippen LogP contribution in [0.5, 0.6) is 6.01 Å². The number of carbonyl (C=O) groups is 1. The highest BCUT2D eigenvalue weighted by atomic mass is 28.3. The highest BCUT2D eigenvalue weighted by molar-refractivity contribution is 6.76. The summed E-state index contributed by atoms with van der Waals surface area (Å²) in [5, 5.41) is 5.86. The number of benzene rings is 1. The van der Waals surface area contributed by atoms with Gasteiger partial charge < -0.3 is 33.8 Å². The monoisotopic (exact) mass is 680 g/mol. The molecule has 0 saturated carbocycles. The van der Waals surface area contributed by atoms with Gasteiger partial charge in [-0.15, -0.1) is 0 Å². The van der Waals surface area contributed by atoms with Crippen LogP contribution in [-0.4, -0.2) is 115 Å². The molecule has 3 aromatic rings. The molecule has 1 amide bonds. The van der Waals surface area contributed by atoms with Crippen molar-refractivity contribution in [1.29, 1.82) is 0 Å². The lowest BCUT2D eigenvalue weighted by molar-refractivity contribution is 0.0240. The van der Waals surface area contributed by atoms with Gasteiger partial charge in [-0.3, -0.25) is 0 Å². The first-order valence-corrected chi connectivity index (χ1v) is 21.0. The van der Waals surface area contributed by atoms with Gasteiger partial charge in [0.2, 0.25) is 0 Å². The average Bonchev–Trinajstić information content (AvgIpc) is 3.39. The van der Waals surface area contributed by atoms with Crippen molar-refractivity contribution in [2.75, 3.05) is 69.8 Å². The van der Waals surface area contributed by atoms with Crippen LogP contribution < -0.4 is 14.5 Å². The number of hydrogen-bond donors (Lipinski definition) is 0. The zero-order valence-corrected chi connectivity index (χ0v) is 31.8. The Morgan fingerprint density at radius 1 is 1.04 bits per heavy atom. The van der Waals surface area contributed by atoms with Crippen molar-refractivity contribution in [2.45, 2.75) is 91.7 Å². The molecule has 1 unspecified atom stereocenters. The summed E-state index contributed by atoms with van der Waals surface area (Å²) in [4.78, 5) is 31.4. The maximum atomic E-state index is 12.8. The van der Waals surface area contributed by atoms with Crippen LogP contribution >= 0.6 is 0 Å². The molecule has 1 fully saturated rings. The summed E-state index contributed by atoms with van der Waals surface area (Å²) in [6, 6.07) is 5.86. The van der Waals surface area contributed by atoms with Gasteiger partial charge in [0, 0.05) is 64.9 Å². The SMILES string of the molecule is Cc1ccc2c(cnn2COCC[Si](C)(C)C)c1N1CCc2c(nc(OC(C)CN(C)C)nc2N2CCN(C(=O)OC(C)(C)C)CC2)C1. The maximum Gasteiger partial charge on any atom is 0.410 e. The lowest BCUT2D eigenvalue weighted by Crippen LogP contribution is -2.50. The quantitative estimate of drug-likeness (QED) is 0.193. The van der Waals surface area contributed by atoms with E-state index in [-0.39, 0.29) is 12.2 Å². The number of carbonyl (C=O) groups excluding carboxylic acids is 1. The fraction of sp³-hybridized carbons (Fsp3) is 0.657. The Labute approximate surface area is 287 Å². The Bertz CT molecular complexity index is 1570. The van der Waals surface area contributed by atoms with Crippen molar-refractivity contribution in [2.24, 2.45) is 0 Å². The Kier molecular flexibility index (Phi) is 10.9. The molecule has 2 aliphatic heterocycles. The molecule has 0 spiro atoms. The fourth-order valence-electron chi connectivity index (χ4n) is 6.35. The molecule has 13 heteroatoms. The Hall–Kier alpha value is -3.42. The molecule has 0 aliphatic carbocycles. The summed E-state index contributed by atoms with van der Waals surface area (Å²) in [6.45, 7) is 22.9. The van der Waals surface area contributed by atoms with Crippen molar-refractivity contribution in [1.82, 2.24) is 29.5 Å². The largest absolute Gasteiger partial charge is 0.459 e.